The fourth-order valence-electron chi connectivity index (χ4n) is 2.09. The fourth-order valence-corrected chi connectivity index (χ4v) is 3.93. The average molecular weight is 607 g/mol. The third kappa shape index (κ3) is 13.2. The van der Waals surface area contributed by atoms with E-state index in [1.165, 1.54) is 37.6 Å². The van der Waals surface area contributed by atoms with Crippen LogP contribution < -0.4 is 0 Å². The quantitative estimate of drug-likeness (QED) is 0.0803. The highest BCUT2D eigenvalue weighted by atomic mass is 35.5. The van der Waals surface area contributed by atoms with Crippen LogP contribution in [0.4, 0.5) is 9.59 Å². The predicted molar refractivity (Wildman–Crippen MR) is 154 cm³/mol. The molecule has 1 aliphatic heterocycles. The minimum atomic E-state index is -0.711. The highest BCUT2D eigenvalue weighted by Gasteiger charge is 2.20. The zero-order chi connectivity index (χ0) is 27.8. The maximum atomic E-state index is 11.6. The highest BCUT2D eigenvalue weighted by molar-refractivity contribution is 8.14. The molecule has 12 nitrogen and oxygen atoms in total. The van der Waals surface area contributed by atoms with E-state index in [0.29, 0.717) is 15.2 Å². The molecule has 17 heteroatoms. The van der Waals surface area contributed by atoms with E-state index in [9.17, 15) is 9.59 Å². The van der Waals surface area contributed by atoms with E-state index in [2.05, 4.69) is 34.9 Å². The van der Waals surface area contributed by atoms with Crippen LogP contribution in [0.3, 0.4) is 0 Å². The van der Waals surface area contributed by atoms with Gasteiger partial charge in [0.15, 0.2) is 5.17 Å². The summed E-state index contributed by atoms with van der Waals surface area (Å²) in [5, 5.41) is 18.2. The van der Waals surface area contributed by atoms with E-state index in [4.69, 9.17) is 16.9 Å². The van der Waals surface area contributed by atoms with Gasteiger partial charge in [0.25, 0.3) is 0 Å². The summed E-state index contributed by atoms with van der Waals surface area (Å²) in [7, 11) is 2.88. The van der Waals surface area contributed by atoms with Gasteiger partial charge in [-0.25, -0.2) is 23.2 Å². The lowest BCUT2D eigenvalue weighted by atomic mass is 10.3. The number of amides is 2. The van der Waals surface area contributed by atoms with Crippen molar-refractivity contribution >= 4 is 86.5 Å². The molecule has 1 fully saturated rings. The van der Waals surface area contributed by atoms with E-state index < -0.39 is 12.2 Å². The van der Waals surface area contributed by atoms with Gasteiger partial charge in [0.1, 0.15) is 15.2 Å². The SMILES string of the molecule is CS/C(C)=N\OC(=O)N(C)SN(C)C(=O)O/N=C(/C)SC.N#C/N=C1\SCCN1Cc1ccc(Cl)nc1. The first-order valence-electron chi connectivity index (χ1n) is 10.3. The minimum absolute atomic E-state index is 0.491. The molecule has 0 aromatic carbocycles. The number of nitrogens with zero attached hydrogens (tertiary/aromatic N) is 8. The summed E-state index contributed by atoms with van der Waals surface area (Å²) in [4.78, 5) is 42.4. The summed E-state index contributed by atoms with van der Waals surface area (Å²) in [6.07, 6.45) is 5.77. The van der Waals surface area contributed by atoms with Crippen molar-refractivity contribution in [1.29, 1.82) is 5.26 Å². The first kappa shape index (κ1) is 32.7. The summed E-state index contributed by atoms with van der Waals surface area (Å²) < 4.78 is 2.20. The van der Waals surface area contributed by atoms with Gasteiger partial charge in [-0.3, -0.25) is 9.68 Å². The lowest BCUT2D eigenvalue weighted by molar-refractivity contribution is 0.131. The molecule has 1 aliphatic rings. The molecule has 2 amide bonds. The Hall–Kier alpha value is -2.32. The van der Waals surface area contributed by atoms with Crippen molar-refractivity contribution in [1.82, 2.24) is 18.5 Å². The van der Waals surface area contributed by atoms with Crippen molar-refractivity contribution in [3.63, 3.8) is 0 Å². The van der Waals surface area contributed by atoms with Crippen molar-refractivity contribution < 1.29 is 19.3 Å². The molecule has 2 heterocycles. The standard InChI is InChI=1S/C10H9ClN4S.C10H18N4O4S3/c11-9-2-1-8(5-13-9)6-15-3-4-16-10(15)14-7-12;1-7(19-5)11-17-9(15)13(3)21-14(4)10(16)18-12-8(2)20-6/h1-2,5H,3-4,6H2;1-6H3/b14-10-;11-7-,12-8-. The smallest absolute Gasteiger partial charge is 0.345 e. The zero-order valence-electron chi connectivity index (χ0n) is 21.1. The van der Waals surface area contributed by atoms with Crippen molar-refractivity contribution in [3.8, 4) is 6.19 Å². The van der Waals surface area contributed by atoms with Gasteiger partial charge in [0.05, 0.1) is 12.1 Å². The van der Waals surface area contributed by atoms with Crippen molar-refractivity contribution in [2.75, 3.05) is 38.9 Å². The van der Waals surface area contributed by atoms with Gasteiger partial charge in [0.2, 0.25) is 6.19 Å². The molecule has 0 atom stereocenters. The van der Waals surface area contributed by atoms with Crippen LogP contribution in [0.5, 0.6) is 0 Å². The normalized spacial score (nSPS) is 14.4. The molecule has 1 aromatic heterocycles. The molecule has 0 spiro atoms. The van der Waals surface area contributed by atoms with Crippen LogP contribution in [-0.4, -0.2) is 84.8 Å². The first-order chi connectivity index (χ1) is 17.6. The maximum Gasteiger partial charge on any atom is 0.447 e. The zero-order valence-corrected chi connectivity index (χ0v) is 25.1. The van der Waals surface area contributed by atoms with E-state index >= 15 is 0 Å². The third-order valence-electron chi connectivity index (χ3n) is 4.03. The molecule has 0 N–H and O–H groups in total. The number of oxime groups is 2. The molecule has 202 valence electrons. The van der Waals surface area contributed by atoms with Crippen molar-refractivity contribution in [2.45, 2.75) is 20.4 Å². The molecule has 1 aromatic rings. The number of carbonyl (C=O) groups is 2. The molecular weight excluding hydrogens is 580 g/mol. The molecule has 0 saturated carbocycles. The second-order valence-corrected chi connectivity index (χ2v) is 11.4. The number of aromatic nitrogens is 1. The molecule has 0 bridgehead atoms. The van der Waals surface area contributed by atoms with Gasteiger partial charge in [-0.05, 0) is 38.0 Å². The minimum Gasteiger partial charge on any atom is -0.345 e. The van der Waals surface area contributed by atoms with Crippen LogP contribution in [0, 0.1) is 11.5 Å². The van der Waals surface area contributed by atoms with Gasteiger partial charge >= 0.3 is 12.2 Å². The van der Waals surface area contributed by atoms with Gasteiger partial charge in [-0.1, -0.05) is 39.7 Å². The Kier molecular flexibility index (Phi) is 15.9. The molecule has 0 radical (unpaired) electrons. The Bertz CT molecular complexity index is 998. The third-order valence-corrected chi connectivity index (χ3v) is 7.36. The number of nitriles is 1. The van der Waals surface area contributed by atoms with E-state index in [-0.39, 0.29) is 0 Å². The number of amidine groups is 1. The summed E-state index contributed by atoms with van der Waals surface area (Å²) in [6.45, 7) is 5.05. The van der Waals surface area contributed by atoms with Crippen LogP contribution in [0.1, 0.15) is 19.4 Å². The van der Waals surface area contributed by atoms with Crippen molar-refractivity contribution in [3.05, 3.63) is 29.0 Å². The van der Waals surface area contributed by atoms with Crippen LogP contribution >= 0.6 is 59.0 Å². The monoisotopic (exact) mass is 606 g/mol. The van der Waals surface area contributed by atoms with E-state index in [0.717, 1.165) is 50.3 Å². The topological polar surface area (TPSA) is 136 Å². The lowest BCUT2D eigenvalue weighted by Gasteiger charge is -2.19. The summed E-state index contributed by atoms with van der Waals surface area (Å²) in [5.41, 5.74) is 1.07. The number of rotatable bonds is 6. The fraction of sp³-hybridized carbons (Fsp3) is 0.450. The van der Waals surface area contributed by atoms with Gasteiger partial charge in [-0.15, -0.1) is 28.5 Å². The summed E-state index contributed by atoms with van der Waals surface area (Å²) in [6, 6.07) is 3.70. The molecule has 1 saturated heterocycles. The van der Waals surface area contributed by atoms with Crippen LogP contribution in [-0.2, 0) is 16.2 Å². The second-order valence-electron chi connectivity index (χ2n) is 6.67. The first-order valence-corrected chi connectivity index (χ1v) is 14.8. The van der Waals surface area contributed by atoms with Gasteiger partial charge in [-0.2, -0.15) is 5.26 Å². The maximum absolute atomic E-state index is 11.6. The van der Waals surface area contributed by atoms with Crippen LogP contribution in [0.15, 0.2) is 33.6 Å². The number of hydrogen-bond donors (Lipinski definition) is 0. The number of hydrogen-bond acceptors (Lipinski definition) is 13. The predicted octanol–water partition coefficient (Wildman–Crippen LogP) is 5.20. The van der Waals surface area contributed by atoms with Gasteiger partial charge < -0.3 is 4.90 Å². The molecule has 0 aliphatic carbocycles. The molecular formula is C20H27ClN8O4S4. The Morgan fingerprint density at radius 3 is 2.19 bits per heavy atom. The van der Waals surface area contributed by atoms with E-state index in [1.807, 2.05) is 24.8 Å². The summed E-state index contributed by atoms with van der Waals surface area (Å²) >= 11 is 10.8. The van der Waals surface area contributed by atoms with Crippen LogP contribution in [0.2, 0.25) is 5.15 Å². The molecule has 37 heavy (non-hydrogen) atoms. The molecule has 2 rings (SSSR count). The van der Waals surface area contributed by atoms with Gasteiger partial charge in [0, 0.05) is 39.1 Å². The Labute approximate surface area is 238 Å². The Morgan fingerprint density at radius 2 is 1.73 bits per heavy atom. The number of pyridine rings is 1. The number of halogens is 1. The number of carbonyl (C=O) groups excluding carboxylic acids is 2. The highest BCUT2D eigenvalue weighted by Crippen LogP contribution is 2.20. The second kappa shape index (κ2) is 18.0. The number of aliphatic imine (C=N–C) groups is 1. The van der Waals surface area contributed by atoms with Crippen LogP contribution in [0.25, 0.3) is 0 Å². The largest absolute Gasteiger partial charge is 0.447 e. The molecule has 0 unspecified atom stereocenters. The summed E-state index contributed by atoms with van der Waals surface area (Å²) in [5.74, 6) is 0.974. The number of thioether (sulfide) groups is 3. The Balaban J connectivity index is 0.000000381. The van der Waals surface area contributed by atoms with Crippen molar-refractivity contribution in [2.24, 2.45) is 15.3 Å². The van der Waals surface area contributed by atoms with E-state index in [1.54, 1.807) is 37.9 Å². The average Bonchev–Trinajstić information content (AvgIpc) is 3.33. The Morgan fingerprint density at radius 1 is 1.16 bits per heavy atom. The lowest BCUT2D eigenvalue weighted by Crippen LogP contribution is -2.28.